The van der Waals surface area contributed by atoms with Gasteiger partial charge in [0.1, 0.15) is 11.4 Å². The Labute approximate surface area is 197 Å². The van der Waals surface area contributed by atoms with Crippen molar-refractivity contribution in [2.24, 2.45) is 0 Å². The van der Waals surface area contributed by atoms with Gasteiger partial charge in [-0.25, -0.2) is 0 Å². The zero-order valence-corrected chi connectivity index (χ0v) is 19.0. The molecule has 2 heterocycles. The molecule has 0 N–H and O–H groups in total. The first kappa shape index (κ1) is 21.6. The van der Waals surface area contributed by atoms with Crippen molar-refractivity contribution >= 4 is 5.91 Å². The second-order valence-corrected chi connectivity index (χ2v) is 8.10. The standard InChI is InChI=1S/C27H24N2O5/c1-18-7-10-20(11-8-18)27(30)29(15-19-9-12-24-26(13-19)33-17-32-24)16-21-14-25(34-28-21)22-5-3-4-6-23(22)31-2/h3-14H,15-17H2,1-2H3. The summed E-state index contributed by atoms with van der Waals surface area (Å²) in [6.45, 7) is 2.85. The first-order valence-electron chi connectivity index (χ1n) is 10.9. The molecule has 0 saturated heterocycles. The molecule has 0 spiro atoms. The normalized spacial score (nSPS) is 11.9. The van der Waals surface area contributed by atoms with Crippen molar-refractivity contribution in [3.63, 3.8) is 0 Å². The molecule has 0 radical (unpaired) electrons. The number of hydrogen-bond acceptors (Lipinski definition) is 6. The van der Waals surface area contributed by atoms with Gasteiger partial charge in [0.05, 0.1) is 19.2 Å². The third-order valence-electron chi connectivity index (χ3n) is 5.68. The summed E-state index contributed by atoms with van der Waals surface area (Å²) in [4.78, 5) is 15.2. The molecule has 1 aliphatic heterocycles. The Bertz CT molecular complexity index is 1310. The third kappa shape index (κ3) is 4.45. The summed E-state index contributed by atoms with van der Waals surface area (Å²) in [6, 6.07) is 22.7. The Morgan fingerprint density at radius 2 is 1.76 bits per heavy atom. The second-order valence-electron chi connectivity index (χ2n) is 8.10. The fraction of sp³-hybridized carbons (Fsp3) is 0.185. The van der Waals surface area contributed by atoms with E-state index in [0.717, 1.165) is 16.7 Å². The highest BCUT2D eigenvalue weighted by molar-refractivity contribution is 5.94. The Balaban J connectivity index is 1.43. The van der Waals surface area contributed by atoms with Crippen LogP contribution in [-0.4, -0.2) is 29.9 Å². The van der Waals surface area contributed by atoms with Crippen molar-refractivity contribution in [3.05, 3.63) is 95.2 Å². The van der Waals surface area contributed by atoms with E-state index in [1.54, 1.807) is 12.0 Å². The Morgan fingerprint density at radius 1 is 0.971 bits per heavy atom. The third-order valence-corrected chi connectivity index (χ3v) is 5.68. The fourth-order valence-electron chi connectivity index (χ4n) is 3.89. The van der Waals surface area contributed by atoms with Crippen LogP contribution in [-0.2, 0) is 13.1 Å². The number of nitrogens with zero attached hydrogens (tertiary/aromatic N) is 2. The van der Waals surface area contributed by atoms with Crippen LogP contribution < -0.4 is 14.2 Å². The Morgan fingerprint density at radius 3 is 2.59 bits per heavy atom. The molecule has 0 atom stereocenters. The number of benzene rings is 3. The van der Waals surface area contributed by atoms with Gasteiger partial charge in [0.2, 0.25) is 6.79 Å². The summed E-state index contributed by atoms with van der Waals surface area (Å²) in [6.07, 6.45) is 0. The van der Waals surface area contributed by atoms with Gasteiger partial charge < -0.3 is 23.6 Å². The molecule has 0 saturated carbocycles. The van der Waals surface area contributed by atoms with E-state index in [2.05, 4.69) is 5.16 Å². The van der Waals surface area contributed by atoms with Crippen molar-refractivity contribution in [1.29, 1.82) is 0 Å². The summed E-state index contributed by atoms with van der Waals surface area (Å²) in [7, 11) is 1.61. The molecule has 0 fully saturated rings. The van der Waals surface area contributed by atoms with Crippen LogP contribution in [0.25, 0.3) is 11.3 Å². The average Bonchev–Trinajstić information content (AvgIpc) is 3.53. The maximum absolute atomic E-state index is 13.5. The minimum absolute atomic E-state index is 0.0977. The lowest BCUT2D eigenvalue weighted by atomic mass is 10.1. The number of para-hydroxylation sites is 1. The van der Waals surface area contributed by atoms with Gasteiger partial charge >= 0.3 is 0 Å². The highest BCUT2D eigenvalue weighted by Gasteiger charge is 2.21. The molecule has 0 unspecified atom stereocenters. The summed E-state index contributed by atoms with van der Waals surface area (Å²) < 4.78 is 22.0. The summed E-state index contributed by atoms with van der Waals surface area (Å²) in [5.74, 6) is 2.56. The van der Waals surface area contributed by atoms with Gasteiger partial charge in [0.25, 0.3) is 5.91 Å². The van der Waals surface area contributed by atoms with Gasteiger partial charge in [0, 0.05) is 18.2 Å². The molecule has 1 aromatic heterocycles. The highest BCUT2D eigenvalue weighted by Crippen LogP contribution is 2.33. The number of amides is 1. The second kappa shape index (κ2) is 9.31. The van der Waals surface area contributed by atoms with Crippen LogP contribution in [0.3, 0.4) is 0 Å². The van der Waals surface area contributed by atoms with Crippen LogP contribution in [0.2, 0.25) is 0 Å². The Kier molecular flexibility index (Phi) is 5.91. The zero-order valence-electron chi connectivity index (χ0n) is 19.0. The maximum Gasteiger partial charge on any atom is 0.254 e. The smallest absolute Gasteiger partial charge is 0.254 e. The lowest BCUT2D eigenvalue weighted by Crippen LogP contribution is -2.30. The van der Waals surface area contributed by atoms with Gasteiger partial charge in [-0.2, -0.15) is 0 Å². The number of fused-ring (bicyclic) bond motifs is 1. The van der Waals surface area contributed by atoms with Crippen LogP contribution >= 0.6 is 0 Å². The van der Waals surface area contributed by atoms with Gasteiger partial charge in [-0.05, 0) is 48.9 Å². The summed E-state index contributed by atoms with van der Waals surface area (Å²) in [5, 5.41) is 4.23. The molecular weight excluding hydrogens is 432 g/mol. The molecule has 7 heteroatoms. The number of aromatic nitrogens is 1. The number of carbonyl (C=O) groups is 1. The average molecular weight is 456 g/mol. The van der Waals surface area contributed by atoms with Gasteiger partial charge in [-0.15, -0.1) is 0 Å². The van der Waals surface area contributed by atoms with E-state index in [-0.39, 0.29) is 19.2 Å². The first-order valence-corrected chi connectivity index (χ1v) is 10.9. The van der Waals surface area contributed by atoms with Crippen LogP contribution in [0, 0.1) is 6.92 Å². The van der Waals surface area contributed by atoms with Crippen molar-refractivity contribution in [3.8, 4) is 28.6 Å². The molecule has 1 amide bonds. The number of hydrogen-bond donors (Lipinski definition) is 0. The van der Waals surface area contributed by atoms with E-state index in [4.69, 9.17) is 18.7 Å². The topological polar surface area (TPSA) is 74.0 Å². The van der Waals surface area contributed by atoms with Gasteiger partial charge in [-0.3, -0.25) is 4.79 Å². The van der Waals surface area contributed by atoms with Crippen molar-refractivity contribution < 1.29 is 23.5 Å². The molecule has 0 bridgehead atoms. The van der Waals surface area contributed by atoms with E-state index in [9.17, 15) is 4.79 Å². The predicted octanol–water partition coefficient (Wildman–Crippen LogP) is 5.23. The van der Waals surface area contributed by atoms with Crippen LogP contribution in [0.1, 0.15) is 27.2 Å². The molecule has 3 aromatic carbocycles. The van der Waals surface area contributed by atoms with Crippen molar-refractivity contribution in [2.75, 3.05) is 13.9 Å². The molecule has 34 heavy (non-hydrogen) atoms. The van der Waals surface area contributed by atoms with Gasteiger partial charge in [-0.1, -0.05) is 41.1 Å². The SMILES string of the molecule is COc1ccccc1-c1cc(CN(Cc2ccc3c(c2)OCO3)C(=O)c2ccc(C)cc2)no1. The van der Waals surface area contributed by atoms with E-state index >= 15 is 0 Å². The largest absolute Gasteiger partial charge is 0.496 e. The maximum atomic E-state index is 13.5. The lowest BCUT2D eigenvalue weighted by molar-refractivity contribution is 0.0726. The zero-order chi connectivity index (χ0) is 23.5. The van der Waals surface area contributed by atoms with E-state index < -0.39 is 0 Å². The predicted molar refractivity (Wildman–Crippen MR) is 126 cm³/mol. The molecule has 4 aromatic rings. The number of aryl methyl sites for hydroxylation is 1. The minimum Gasteiger partial charge on any atom is -0.496 e. The molecular formula is C27H24N2O5. The first-order chi connectivity index (χ1) is 16.6. The molecule has 5 rings (SSSR count). The Hall–Kier alpha value is -4.26. The van der Waals surface area contributed by atoms with Crippen molar-refractivity contribution in [1.82, 2.24) is 10.1 Å². The summed E-state index contributed by atoms with van der Waals surface area (Å²) >= 11 is 0. The number of ether oxygens (including phenoxy) is 3. The fourth-order valence-corrected chi connectivity index (χ4v) is 3.89. The van der Waals surface area contributed by atoms with Crippen LogP contribution in [0.5, 0.6) is 17.2 Å². The van der Waals surface area contributed by atoms with E-state index in [1.807, 2.05) is 79.7 Å². The number of methoxy groups -OCH3 is 1. The van der Waals surface area contributed by atoms with E-state index in [1.165, 1.54) is 0 Å². The summed E-state index contributed by atoms with van der Waals surface area (Å²) in [5.41, 5.74) is 4.08. The van der Waals surface area contributed by atoms with Gasteiger partial charge in [0.15, 0.2) is 17.3 Å². The lowest BCUT2D eigenvalue weighted by Gasteiger charge is -2.22. The monoisotopic (exact) mass is 456 g/mol. The highest BCUT2D eigenvalue weighted by atomic mass is 16.7. The quantitative estimate of drug-likeness (QED) is 0.379. The number of rotatable bonds is 7. The van der Waals surface area contributed by atoms with E-state index in [0.29, 0.717) is 40.8 Å². The van der Waals surface area contributed by atoms with Crippen LogP contribution in [0.15, 0.2) is 77.3 Å². The van der Waals surface area contributed by atoms with Crippen molar-refractivity contribution in [2.45, 2.75) is 20.0 Å². The minimum atomic E-state index is -0.0977. The molecule has 172 valence electrons. The molecule has 1 aliphatic rings. The molecule has 7 nitrogen and oxygen atoms in total. The number of carbonyl (C=O) groups excluding carboxylic acids is 1. The molecule has 0 aliphatic carbocycles. The van der Waals surface area contributed by atoms with Crippen LogP contribution in [0.4, 0.5) is 0 Å².